The Labute approximate surface area is 114 Å². The Bertz CT molecular complexity index is 526. The van der Waals surface area contributed by atoms with Crippen molar-refractivity contribution in [3.63, 3.8) is 0 Å². The van der Waals surface area contributed by atoms with Crippen LogP contribution in [0.1, 0.15) is 11.1 Å². The topological polar surface area (TPSA) is 40.5 Å². The number of hydrogen-bond donors (Lipinski definition) is 1. The lowest BCUT2D eigenvalue weighted by atomic mass is 10.1. The molecule has 1 amide bonds. The van der Waals surface area contributed by atoms with Crippen LogP contribution in [-0.2, 0) is 17.5 Å². The molecule has 3 unspecified atom stereocenters. The first kappa shape index (κ1) is 13.4. The molecule has 1 saturated heterocycles. The number of aliphatic hydroxyl groups excluding tert-OH is 1. The highest BCUT2D eigenvalue weighted by Gasteiger charge is 2.60. The molecule has 108 valence electrons. The van der Waals surface area contributed by atoms with Crippen molar-refractivity contribution >= 4 is 5.91 Å². The first-order valence-corrected chi connectivity index (χ1v) is 6.47. The van der Waals surface area contributed by atoms with E-state index in [9.17, 15) is 18.0 Å². The van der Waals surface area contributed by atoms with Gasteiger partial charge < -0.3 is 10.0 Å². The first-order valence-electron chi connectivity index (χ1n) is 6.47. The van der Waals surface area contributed by atoms with Gasteiger partial charge in [0.2, 0.25) is 5.91 Å². The molecule has 0 aromatic heterocycles. The predicted molar refractivity (Wildman–Crippen MR) is 64.4 cm³/mol. The molecule has 1 saturated carbocycles. The molecule has 20 heavy (non-hydrogen) atoms. The summed E-state index contributed by atoms with van der Waals surface area (Å²) in [6, 6.07) is 4.88. The van der Waals surface area contributed by atoms with E-state index in [4.69, 9.17) is 5.11 Å². The Morgan fingerprint density at radius 2 is 1.90 bits per heavy atom. The Hall–Kier alpha value is -1.56. The van der Waals surface area contributed by atoms with Crippen molar-refractivity contribution in [3.05, 3.63) is 35.4 Å². The zero-order valence-electron chi connectivity index (χ0n) is 10.6. The number of benzene rings is 1. The molecule has 0 spiro atoms. The summed E-state index contributed by atoms with van der Waals surface area (Å²) in [6.07, 6.45) is -4.34. The lowest BCUT2D eigenvalue weighted by Crippen LogP contribution is -2.30. The lowest BCUT2D eigenvalue weighted by Gasteiger charge is -2.20. The maximum absolute atomic E-state index is 12.4. The van der Waals surface area contributed by atoms with Crippen LogP contribution in [0.3, 0.4) is 0 Å². The molecule has 2 aliphatic rings. The van der Waals surface area contributed by atoms with Gasteiger partial charge in [0.1, 0.15) is 0 Å². The monoisotopic (exact) mass is 285 g/mol. The van der Waals surface area contributed by atoms with Crippen LogP contribution in [0.2, 0.25) is 0 Å². The maximum Gasteiger partial charge on any atom is 0.416 e. The van der Waals surface area contributed by atoms with Gasteiger partial charge in [-0.2, -0.15) is 13.2 Å². The number of aliphatic hydroxyl groups is 1. The molecule has 3 nitrogen and oxygen atoms in total. The minimum Gasteiger partial charge on any atom is -0.396 e. The fourth-order valence-corrected chi connectivity index (χ4v) is 3.03. The SMILES string of the molecule is O=C1C2C(CO)C2CN1Cc1ccc(C(F)(F)F)cc1. The van der Waals surface area contributed by atoms with Crippen molar-refractivity contribution in [2.45, 2.75) is 12.7 Å². The number of hydrogen-bond acceptors (Lipinski definition) is 2. The van der Waals surface area contributed by atoms with Gasteiger partial charge in [0, 0.05) is 25.6 Å². The molecule has 1 aromatic carbocycles. The predicted octanol–water partition coefficient (Wildman–Crippen LogP) is 1.90. The minimum atomic E-state index is -4.34. The van der Waals surface area contributed by atoms with Gasteiger partial charge in [-0.05, 0) is 29.5 Å². The third-order valence-electron chi connectivity index (χ3n) is 4.23. The number of rotatable bonds is 3. The van der Waals surface area contributed by atoms with E-state index >= 15 is 0 Å². The van der Waals surface area contributed by atoms with E-state index in [0.717, 1.165) is 12.1 Å². The Morgan fingerprint density at radius 1 is 1.25 bits per heavy atom. The molecule has 3 rings (SSSR count). The van der Waals surface area contributed by atoms with Gasteiger partial charge in [-0.1, -0.05) is 12.1 Å². The molecule has 2 fully saturated rings. The number of alkyl halides is 3. The second-order valence-corrected chi connectivity index (χ2v) is 5.45. The molecule has 6 heteroatoms. The van der Waals surface area contributed by atoms with Crippen molar-refractivity contribution in [2.75, 3.05) is 13.2 Å². The summed E-state index contributed by atoms with van der Waals surface area (Å²) in [7, 11) is 0. The molecule has 1 N–H and O–H groups in total. The lowest BCUT2D eigenvalue weighted by molar-refractivity contribution is -0.137. The van der Waals surface area contributed by atoms with Crippen molar-refractivity contribution in [1.82, 2.24) is 4.90 Å². The Kier molecular flexibility index (Phi) is 3.01. The molecule has 1 heterocycles. The van der Waals surface area contributed by atoms with Crippen LogP contribution in [0.5, 0.6) is 0 Å². The summed E-state index contributed by atoms with van der Waals surface area (Å²) >= 11 is 0. The van der Waals surface area contributed by atoms with Crippen LogP contribution in [0.25, 0.3) is 0 Å². The standard InChI is InChI=1S/C14H14F3NO2/c15-14(16,17)9-3-1-8(2-4-9)5-18-6-10-11(7-19)12(10)13(18)20/h1-4,10-12,19H,5-7H2. The van der Waals surface area contributed by atoms with Crippen LogP contribution in [-0.4, -0.2) is 29.1 Å². The number of halogens is 3. The molecule has 1 aliphatic heterocycles. The smallest absolute Gasteiger partial charge is 0.396 e. The van der Waals surface area contributed by atoms with Gasteiger partial charge in [0.15, 0.2) is 0 Å². The Balaban J connectivity index is 1.64. The van der Waals surface area contributed by atoms with Crippen molar-refractivity contribution in [2.24, 2.45) is 17.8 Å². The second kappa shape index (κ2) is 4.48. The van der Waals surface area contributed by atoms with E-state index in [1.807, 2.05) is 0 Å². The summed E-state index contributed by atoms with van der Waals surface area (Å²) in [5.74, 6) is 0.247. The van der Waals surface area contributed by atoms with Crippen LogP contribution in [0.4, 0.5) is 13.2 Å². The quantitative estimate of drug-likeness (QED) is 0.921. The molecule has 0 radical (unpaired) electrons. The summed E-state index contributed by atoms with van der Waals surface area (Å²) in [5, 5.41) is 9.04. The highest BCUT2D eigenvalue weighted by molar-refractivity contribution is 5.85. The number of likely N-dealkylation sites (tertiary alicyclic amines) is 1. The number of amides is 1. The number of carbonyl (C=O) groups excluding carboxylic acids is 1. The van der Waals surface area contributed by atoms with Crippen molar-refractivity contribution < 1.29 is 23.1 Å². The number of carbonyl (C=O) groups is 1. The normalized spacial score (nSPS) is 28.7. The van der Waals surface area contributed by atoms with Gasteiger partial charge in [0.05, 0.1) is 5.56 Å². The fourth-order valence-electron chi connectivity index (χ4n) is 3.03. The minimum absolute atomic E-state index is 0.00829. The molecule has 3 atom stereocenters. The average Bonchev–Trinajstić information content (AvgIpc) is 3.00. The van der Waals surface area contributed by atoms with Gasteiger partial charge in [-0.3, -0.25) is 4.79 Å². The van der Waals surface area contributed by atoms with Gasteiger partial charge in [-0.25, -0.2) is 0 Å². The van der Waals surface area contributed by atoms with Crippen molar-refractivity contribution in [1.29, 1.82) is 0 Å². The second-order valence-electron chi connectivity index (χ2n) is 5.45. The van der Waals surface area contributed by atoms with Crippen LogP contribution in [0, 0.1) is 17.8 Å². The molecule has 1 aliphatic carbocycles. The highest BCUT2D eigenvalue weighted by Crippen LogP contribution is 2.52. The largest absolute Gasteiger partial charge is 0.416 e. The van der Waals surface area contributed by atoms with E-state index < -0.39 is 11.7 Å². The molecule has 0 bridgehead atoms. The summed E-state index contributed by atoms with van der Waals surface area (Å²) < 4.78 is 37.3. The zero-order chi connectivity index (χ0) is 14.5. The van der Waals surface area contributed by atoms with Gasteiger partial charge in [-0.15, -0.1) is 0 Å². The zero-order valence-corrected chi connectivity index (χ0v) is 10.6. The first-order chi connectivity index (χ1) is 9.41. The number of fused-ring (bicyclic) bond motifs is 1. The van der Waals surface area contributed by atoms with Crippen LogP contribution in [0.15, 0.2) is 24.3 Å². The van der Waals surface area contributed by atoms with E-state index in [1.54, 1.807) is 4.90 Å². The average molecular weight is 285 g/mol. The number of piperidine rings is 1. The molecule has 1 aromatic rings. The third kappa shape index (κ3) is 2.18. The van der Waals surface area contributed by atoms with Crippen molar-refractivity contribution in [3.8, 4) is 0 Å². The van der Waals surface area contributed by atoms with E-state index in [-0.39, 0.29) is 30.3 Å². The van der Waals surface area contributed by atoms with Crippen LogP contribution >= 0.6 is 0 Å². The maximum atomic E-state index is 12.4. The van der Waals surface area contributed by atoms with E-state index in [1.165, 1.54) is 12.1 Å². The summed E-state index contributed by atoms with van der Waals surface area (Å²) in [5.41, 5.74) is 0.00499. The van der Waals surface area contributed by atoms with E-state index in [0.29, 0.717) is 18.7 Å². The summed E-state index contributed by atoms with van der Waals surface area (Å²) in [4.78, 5) is 13.6. The molecular weight excluding hydrogens is 271 g/mol. The Morgan fingerprint density at radius 3 is 2.35 bits per heavy atom. The van der Waals surface area contributed by atoms with Crippen LogP contribution < -0.4 is 0 Å². The van der Waals surface area contributed by atoms with E-state index in [2.05, 4.69) is 0 Å². The van der Waals surface area contributed by atoms with Gasteiger partial charge >= 0.3 is 6.18 Å². The highest BCUT2D eigenvalue weighted by atomic mass is 19.4. The summed E-state index contributed by atoms with van der Waals surface area (Å²) in [6.45, 7) is 0.965. The van der Waals surface area contributed by atoms with Gasteiger partial charge in [0.25, 0.3) is 0 Å². The number of nitrogens with zero attached hydrogens (tertiary/aromatic N) is 1. The fraction of sp³-hybridized carbons (Fsp3) is 0.500. The third-order valence-corrected chi connectivity index (χ3v) is 4.23. The molecular formula is C14H14F3NO2.